The van der Waals surface area contributed by atoms with E-state index in [-0.39, 0.29) is 0 Å². The van der Waals surface area contributed by atoms with Gasteiger partial charge < -0.3 is 9.32 Å². The van der Waals surface area contributed by atoms with Gasteiger partial charge in [-0.25, -0.2) is 0 Å². The van der Waals surface area contributed by atoms with E-state index >= 15 is 0 Å². The standard InChI is InChI=1S/C46H31NO/c1-4-12-32(13-5-1)34-20-25-38(26-21-34)47(39-27-22-35(23-28-39)33-14-6-2-7-15-33)42-30-29-41(36-16-8-3-9-17-36)46-45(42)44-40-19-11-10-18-37(40)24-31-43(44)48-46/h1-31H. The lowest BCUT2D eigenvalue weighted by atomic mass is 9.97. The predicted octanol–water partition coefficient (Wildman–Crippen LogP) is 13.2. The van der Waals surface area contributed by atoms with Gasteiger partial charge in [-0.3, -0.25) is 0 Å². The maximum absolute atomic E-state index is 6.84. The van der Waals surface area contributed by atoms with Crippen LogP contribution in [0, 0.1) is 0 Å². The van der Waals surface area contributed by atoms with E-state index < -0.39 is 0 Å². The zero-order valence-electron chi connectivity index (χ0n) is 26.3. The minimum Gasteiger partial charge on any atom is -0.455 e. The fourth-order valence-corrected chi connectivity index (χ4v) is 6.95. The number of rotatable bonds is 6. The molecule has 2 heteroatoms. The van der Waals surface area contributed by atoms with Crippen LogP contribution in [0.2, 0.25) is 0 Å². The monoisotopic (exact) mass is 613 g/mol. The molecule has 0 bridgehead atoms. The summed E-state index contributed by atoms with van der Waals surface area (Å²) in [5.74, 6) is 0. The van der Waals surface area contributed by atoms with E-state index in [0.29, 0.717) is 0 Å². The van der Waals surface area contributed by atoms with Crippen molar-refractivity contribution < 1.29 is 4.42 Å². The normalized spacial score (nSPS) is 11.3. The van der Waals surface area contributed by atoms with Crippen molar-refractivity contribution in [3.05, 3.63) is 188 Å². The second-order valence-electron chi connectivity index (χ2n) is 12.1. The van der Waals surface area contributed by atoms with Crippen LogP contribution in [-0.4, -0.2) is 0 Å². The van der Waals surface area contributed by atoms with Gasteiger partial charge in [0.05, 0.1) is 11.1 Å². The van der Waals surface area contributed by atoms with Crippen molar-refractivity contribution in [2.45, 2.75) is 0 Å². The number of hydrogen-bond acceptors (Lipinski definition) is 2. The van der Waals surface area contributed by atoms with Gasteiger partial charge >= 0.3 is 0 Å². The van der Waals surface area contributed by atoms with Gasteiger partial charge in [0.1, 0.15) is 11.2 Å². The van der Waals surface area contributed by atoms with Crippen LogP contribution in [0.25, 0.3) is 66.1 Å². The highest BCUT2D eigenvalue weighted by atomic mass is 16.3. The molecule has 2 nitrogen and oxygen atoms in total. The molecule has 0 unspecified atom stereocenters. The van der Waals surface area contributed by atoms with Crippen LogP contribution < -0.4 is 4.90 Å². The first-order chi connectivity index (χ1) is 23.8. The molecule has 0 fully saturated rings. The highest BCUT2D eigenvalue weighted by Gasteiger charge is 2.23. The molecular formula is C46H31NO. The summed E-state index contributed by atoms with van der Waals surface area (Å²) in [5, 5.41) is 4.60. The summed E-state index contributed by atoms with van der Waals surface area (Å²) in [6, 6.07) is 66.7. The number of nitrogens with zero attached hydrogens (tertiary/aromatic N) is 1. The highest BCUT2D eigenvalue weighted by molar-refractivity contribution is 6.25. The van der Waals surface area contributed by atoms with Crippen molar-refractivity contribution in [2.75, 3.05) is 4.90 Å². The van der Waals surface area contributed by atoms with E-state index in [9.17, 15) is 0 Å². The Bertz CT molecular complexity index is 2430. The molecule has 0 saturated carbocycles. The molecule has 9 aromatic rings. The molecule has 0 radical (unpaired) electrons. The van der Waals surface area contributed by atoms with Gasteiger partial charge in [-0.1, -0.05) is 146 Å². The Morgan fingerprint density at radius 2 is 0.854 bits per heavy atom. The third-order valence-electron chi connectivity index (χ3n) is 9.28. The first kappa shape index (κ1) is 27.9. The van der Waals surface area contributed by atoms with Gasteiger partial charge in [-0.2, -0.15) is 0 Å². The number of hydrogen-bond donors (Lipinski definition) is 0. The van der Waals surface area contributed by atoms with Crippen LogP contribution in [0.15, 0.2) is 192 Å². The summed E-state index contributed by atoms with van der Waals surface area (Å²) in [5.41, 5.74) is 12.0. The van der Waals surface area contributed by atoms with Crippen LogP contribution in [0.1, 0.15) is 0 Å². The lowest BCUT2D eigenvalue weighted by molar-refractivity contribution is 0.670. The largest absolute Gasteiger partial charge is 0.455 e. The van der Waals surface area contributed by atoms with Gasteiger partial charge in [0, 0.05) is 22.3 Å². The molecule has 0 atom stereocenters. The summed E-state index contributed by atoms with van der Waals surface area (Å²) in [4.78, 5) is 2.37. The van der Waals surface area contributed by atoms with Crippen LogP contribution in [0.4, 0.5) is 17.1 Å². The smallest absolute Gasteiger partial charge is 0.145 e. The number of furan rings is 1. The average Bonchev–Trinajstić information content (AvgIpc) is 3.57. The van der Waals surface area contributed by atoms with E-state index in [0.717, 1.165) is 50.1 Å². The quantitative estimate of drug-likeness (QED) is 0.185. The summed E-state index contributed by atoms with van der Waals surface area (Å²) in [7, 11) is 0. The van der Waals surface area contributed by atoms with Crippen LogP contribution in [0.5, 0.6) is 0 Å². The summed E-state index contributed by atoms with van der Waals surface area (Å²) in [6.07, 6.45) is 0. The van der Waals surface area contributed by atoms with Crippen molar-refractivity contribution in [3.8, 4) is 33.4 Å². The Morgan fingerprint density at radius 3 is 1.44 bits per heavy atom. The first-order valence-electron chi connectivity index (χ1n) is 16.4. The topological polar surface area (TPSA) is 16.4 Å². The Hall–Kier alpha value is -6.38. The van der Waals surface area contributed by atoms with E-state index in [1.807, 2.05) is 0 Å². The Balaban J connectivity index is 1.31. The van der Waals surface area contributed by atoms with Crippen molar-refractivity contribution in [2.24, 2.45) is 0 Å². The maximum atomic E-state index is 6.84. The molecule has 0 spiro atoms. The Morgan fingerprint density at radius 1 is 0.354 bits per heavy atom. The molecule has 1 heterocycles. The molecule has 0 N–H and O–H groups in total. The van der Waals surface area contributed by atoms with Crippen LogP contribution in [-0.2, 0) is 0 Å². The molecule has 9 rings (SSSR count). The summed E-state index contributed by atoms with van der Waals surface area (Å²) in [6.45, 7) is 0. The predicted molar refractivity (Wildman–Crippen MR) is 202 cm³/mol. The zero-order valence-corrected chi connectivity index (χ0v) is 26.3. The molecule has 0 aliphatic carbocycles. The molecule has 0 saturated heterocycles. The van der Waals surface area contributed by atoms with Gasteiger partial charge in [-0.05, 0) is 81.1 Å². The second-order valence-corrected chi connectivity index (χ2v) is 12.1. The fraction of sp³-hybridized carbons (Fsp3) is 0. The Kier molecular flexibility index (Phi) is 6.84. The van der Waals surface area contributed by atoms with Crippen molar-refractivity contribution in [3.63, 3.8) is 0 Å². The molecular weight excluding hydrogens is 583 g/mol. The Labute approximate surface area is 279 Å². The first-order valence-corrected chi connectivity index (χ1v) is 16.4. The van der Waals surface area contributed by atoms with E-state index in [4.69, 9.17) is 4.42 Å². The third-order valence-corrected chi connectivity index (χ3v) is 9.28. The molecule has 48 heavy (non-hydrogen) atoms. The number of fused-ring (bicyclic) bond motifs is 5. The highest BCUT2D eigenvalue weighted by Crippen LogP contribution is 2.48. The van der Waals surface area contributed by atoms with E-state index in [1.54, 1.807) is 0 Å². The molecule has 8 aromatic carbocycles. The van der Waals surface area contributed by atoms with Crippen molar-refractivity contribution in [1.82, 2.24) is 0 Å². The molecule has 1 aromatic heterocycles. The fourth-order valence-electron chi connectivity index (χ4n) is 6.95. The molecule has 0 aliphatic rings. The molecule has 226 valence electrons. The minimum atomic E-state index is 0.882. The van der Waals surface area contributed by atoms with E-state index in [1.165, 1.54) is 33.0 Å². The third kappa shape index (κ3) is 4.83. The van der Waals surface area contributed by atoms with Crippen molar-refractivity contribution >= 4 is 49.8 Å². The van der Waals surface area contributed by atoms with Crippen LogP contribution >= 0.6 is 0 Å². The molecule has 0 amide bonds. The number of anilines is 3. The summed E-state index contributed by atoms with van der Waals surface area (Å²) >= 11 is 0. The van der Waals surface area contributed by atoms with Gasteiger partial charge in [-0.15, -0.1) is 0 Å². The minimum absolute atomic E-state index is 0.882. The summed E-state index contributed by atoms with van der Waals surface area (Å²) < 4.78 is 6.84. The van der Waals surface area contributed by atoms with Crippen LogP contribution in [0.3, 0.4) is 0 Å². The zero-order chi connectivity index (χ0) is 31.9. The average molecular weight is 614 g/mol. The second kappa shape index (κ2) is 11.8. The van der Waals surface area contributed by atoms with Gasteiger partial charge in [0.15, 0.2) is 0 Å². The van der Waals surface area contributed by atoms with Gasteiger partial charge in [0.25, 0.3) is 0 Å². The van der Waals surface area contributed by atoms with E-state index in [2.05, 4.69) is 193 Å². The van der Waals surface area contributed by atoms with Crippen molar-refractivity contribution in [1.29, 1.82) is 0 Å². The maximum Gasteiger partial charge on any atom is 0.145 e. The molecule has 0 aliphatic heterocycles. The number of benzene rings is 8. The SMILES string of the molecule is c1ccc(-c2ccc(N(c3ccc(-c4ccccc4)cc3)c3ccc(-c4ccccc4)c4oc5ccc6ccccc6c5c34)cc2)cc1. The lowest BCUT2D eigenvalue weighted by Gasteiger charge is -2.27. The lowest BCUT2D eigenvalue weighted by Crippen LogP contribution is -2.10. The van der Waals surface area contributed by atoms with Gasteiger partial charge in [0.2, 0.25) is 0 Å².